The van der Waals surface area contributed by atoms with E-state index in [1.165, 1.54) is 5.56 Å². The summed E-state index contributed by atoms with van der Waals surface area (Å²) < 4.78 is 1.55. The van der Waals surface area contributed by atoms with Gasteiger partial charge in [-0.25, -0.2) is 9.67 Å². The van der Waals surface area contributed by atoms with Gasteiger partial charge in [-0.3, -0.25) is 9.89 Å². The predicted molar refractivity (Wildman–Crippen MR) is 81.6 cm³/mol. The molecule has 1 aliphatic rings. The Hall–Kier alpha value is -2.62. The maximum Gasteiger partial charge on any atom is 0.280 e. The van der Waals surface area contributed by atoms with Gasteiger partial charge in [-0.05, 0) is 42.5 Å². The molecule has 1 N–H and O–H groups in total. The van der Waals surface area contributed by atoms with Crippen LogP contribution in [0.4, 0.5) is 0 Å². The molecule has 1 aromatic carbocycles. The van der Waals surface area contributed by atoms with Gasteiger partial charge in [0.05, 0.1) is 5.56 Å². The molecule has 4 nitrogen and oxygen atoms in total. The van der Waals surface area contributed by atoms with E-state index in [9.17, 15) is 4.79 Å². The fraction of sp³-hybridized carbons (Fsp3) is 0.176. The predicted octanol–water partition coefficient (Wildman–Crippen LogP) is 2.72. The number of aromatic nitrogens is 3. The van der Waals surface area contributed by atoms with E-state index in [4.69, 9.17) is 0 Å². The standard InChI is InChI=1S/C17H15N3O/c21-17-16-13-8-2-1-6-12(13)7-5-9-14(16)19-20(17)15-10-3-4-11-18-15/h1-4,6,8,10-11,19H,5,7,9H2. The van der Waals surface area contributed by atoms with Crippen molar-refractivity contribution in [3.05, 3.63) is 70.3 Å². The molecule has 0 amide bonds. The Labute approximate surface area is 122 Å². The Morgan fingerprint density at radius 1 is 1.05 bits per heavy atom. The summed E-state index contributed by atoms with van der Waals surface area (Å²) in [5.74, 6) is 0.632. The van der Waals surface area contributed by atoms with E-state index in [-0.39, 0.29) is 5.56 Å². The zero-order valence-corrected chi connectivity index (χ0v) is 11.5. The number of hydrogen-bond acceptors (Lipinski definition) is 2. The molecule has 0 spiro atoms. The Balaban J connectivity index is 1.98. The molecule has 0 radical (unpaired) electrons. The first-order valence-corrected chi connectivity index (χ1v) is 7.18. The van der Waals surface area contributed by atoms with Crippen molar-refractivity contribution in [1.29, 1.82) is 0 Å². The molecular weight excluding hydrogens is 262 g/mol. The largest absolute Gasteiger partial charge is 0.293 e. The average molecular weight is 277 g/mol. The van der Waals surface area contributed by atoms with Crippen molar-refractivity contribution in [2.45, 2.75) is 19.3 Å². The number of aromatic amines is 1. The molecule has 0 fully saturated rings. The Morgan fingerprint density at radius 2 is 1.90 bits per heavy atom. The van der Waals surface area contributed by atoms with Crippen molar-refractivity contribution >= 4 is 0 Å². The lowest BCUT2D eigenvalue weighted by molar-refractivity contribution is 0.754. The zero-order chi connectivity index (χ0) is 14.2. The number of fused-ring (bicyclic) bond motifs is 3. The second-order valence-corrected chi connectivity index (χ2v) is 5.30. The third kappa shape index (κ3) is 1.91. The molecule has 0 bridgehead atoms. The van der Waals surface area contributed by atoms with E-state index in [2.05, 4.69) is 16.1 Å². The van der Waals surface area contributed by atoms with Gasteiger partial charge in [0, 0.05) is 11.9 Å². The van der Waals surface area contributed by atoms with Crippen LogP contribution in [0.2, 0.25) is 0 Å². The summed E-state index contributed by atoms with van der Waals surface area (Å²) in [6.45, 7) is 0. The molecule has 1 aliphatic carbocycles. The van der Waals surface area contributed by atoms with Gasteiger partial charge in [-0.15, -0.1) is 0 Å². The molecule has 104 valence electrons. The Kier molecular flexibility index (Phi) is 2.74. The maximum absolute atomic E-state index is 12.8. The van der Waals surface area contributed by atoms with E-state index >= 15 is 0 Å². The number of aryl methyl sites for hydroxylation is 2. The van der Waals surface area contributed by atoms with Crippen LogP contribution >= 0.6 is 0 Å². The molecule has 2 aromatic heterocycles. The molecule has 21 heavy (non-hydrogen) atoms. The van der Waals surface area contributed by atoms with Crippen LogP contribution in [0.25, 0.3) is 16.9 Å². The fourth-order valence-corrected chi connectivity index (χ4v) is 3.03. The lowest BCUT2D eigenvalue weighted by Gasteiger charge is -2.04. The van der Waals surface area contributed by atoms with E-state index in [0.29, 0.717) is 5.82 Å². The number of rotatable bonds is 1. The number of benzene rings is 1. The summed E-state index contributed by atoms with van der Waals surface area (Å²) in [7, 11) is 0. The Morgan fingerprint density at radius 3 is 2.76 bits per heavy atom. The van der Waals surface area contributed by atoms with Crippen molar-refractivity contribution < 1.29 is 0 Å². The van der Waals surface area contributed by atoms with Crippen LogP contribution < -0.4 is 5.56 Å². The van der Waals surface area contributed by atoms with Crippen LogP contribution in [-0.2, 0) is 12.8 Å². The van der Waals surface area contributed by atoms with Crippen molar-refractivity contribution in [2.75, 3.05) is 0 Å². The summed E-state index contributed by atoms with van der Waals surface area (Å²) >= 11 is 0. The van der Waals surface area contributed by atoms with Gasteiger partial charge in [0.25, 0.3) is 5.56 Å². The van der Waals surface area contributed by atoms with Gasteiger partial charge in [-0.1, -0.05) is 30.3 Å². The highest BCUT2D eigenvalue weighted by Gasteiger charge is 2.21. The Bertz CT molecular complexity index is 846. The summed E-state index contributed by atoms with van der Waals surface area (Å²) in [5.41, 5.74) is 4.10. The minimum Gasteiger partial charge on any atom is -0.293 e. The van der Waals surface area contributed by atoms with Gasteiger partial charge in [0.15, 0.2) is 5.82 Å². The normalized spacial score (nSPS) is 13.3. The highest BCUT2D eigenvalue weighted by Crippen LogP contribution is 2.29. The lowest BCUT2D eigenvalue weighted by atomic mass is 10.0. The highest BCUT2D eigenvalue weighted by atomic mass is 16.1. The summed E-state index contributed by atoms with van der Waals surface area (Å²) in [6.07, 6.45) is 4.65. The molecule has 0 atom stereocenters. The fourth-order valence-electron chi connectivity index (χ4n) is 3.03. The topological polar surface area (TPSA) is 50.7 Å². The smallest absolute Gasteiger partial charge is 0.280 e. The highest BCUT2D eigenvalue weighted by molar-refractivity contribution is 5.70. The van der Waals surface area contributed by atoms with Crippen LogP contribution in [0.3, 0.4) is 0 Å². The minimum atomic E-state index is -0.0157. The molecule has 4 heteroatoms. The zero-order valence-electron chi connectivity index (χ0n) is 11.5. The van der Waals surface area contributed by atoms with Crippen LogP contribution in [0.15, 0.2) is 53.5 Å². The molecule has 2 heterocycles. The van der Waals surface area contributed by atoms with Gasteiger partial charge >= 0.3 is 0 Å². The minimum absolute atomic E-state index is 0.0157. The van der Waals surface area contributed by atoms with E-state index < -0.39 is 0 Å². The lowest BCUT2D eigenvalue weighted by Crippen LogP contribution is -2.17. The van der Waals surface area contributed by atoms with Crippen LogP contribution in [0, 0.1) is 0 Å². The average Bonchev–Trinajstić information content (AvgIpc) is 2.75. The van der Waals surface area contributed by atoms with Crippen molar-refractivity contribution in [2.24, 2.45) is 0 Å². The number of H-pyrrole nitrogens is 1. The van der Waals surface area contributed by atoms with Gasteiger partial charge in [0.2, 0.25) is 0 Å². The number of nitrogens with zero attached hydrogens (tertiary/aromatic N) is 2. The summed E-state index contributed by atoms with van der Waals surface area (Å²) in [6, 6.07) is 13.7. The monoisotopic (exact) mass is 277 g/mol. The van der Waals surface area contributed by atoms with Gasteiger partial charge < -0.3 is 0 Å². The first kappa shape index (κ1) is 12.1. The van der Waals surface area contributed by atoms with Crippen LogP contribution in [0.1, 0.15) is 17.7 Å². The first-order valence-electron chi connectivity index (χ1n) is 7.18. The SMILES string of the molecule is O=c1c2c([nH]n1-c1ccccn1)CCCc1ccccc1-2. The molecular formula is C17H15N3O. The van der Waals surface area contributed by atoms with E-state index in [0.717, 1.165) is 36.1 Å². The third-order valence-corrected chi connectivity index (χ3v) is 4.00. The third-order valence-electron chi connectivity index (χ3n) is 4.00. The van der Waals surface area contributed by atoms with Crippen molar-refractivity contribution in [1.82, 2.24) is 14.8 Å². The molecule has 3 aromatic rings. The number of hydrogen-bond donors (Lipinski definition) is 1. The first-order chi connectivity index (χ1) is 10.3. The summed E-state index contributed by atoms with van der Waals surface area (Å²) in [5, 5.41) is 3.24. The van der Waals surface area contributed by atoms with Gasteiger partial charge in [0.1, 0.15) is 0 Å². The molecule has 4 rings (SSSR count). The van der Waals surface area contributed by atoms with E-state index in [1.54, 1.807) is 10.9 Å². The molecule has 0 aliphatic heterocycles. The second-order valence-electron chi connectivity index (χ2n) is 5.30. The second kappa shape index (κ2) is 4.74. The van der Waals surface area contributed by atoms with Gasteiger partial charge in [-0.2, -0.15) is 0 Å². The van der Waals surface area contributed by atoms with Crippen molar-refractivity contribution in [3.8, 4) is 16.9 Å². The quantitative estimate of drug-likeness (QED) is 0.743. The van der Waals surface area contributed by atoms with E-state index in [1.807, 2.05) is 36.4 Å². The van der Waals surface area contributed by atoms with Crippen LogP contribution in [-0.4, -0.2) is 14.8 Å². The molecule has 0 unspecified atom stereocenters. The number of pyridine rings is 1. The summed E-state index contributed by atoms with van der Waals surface area (Å²) in [4.78, 5) is 17.1. The molecule has 0 saturated heterocycles. The molecule has 0 saturated carbocycles. The van der Waals surface area contributed by atoms with Crippen molar-refractivity contribution in [3.63, 3.8) is 0 Å². The maximum atomic E-state index is 12.8. The number of nitrogens with one attached hydrogen (secondary N) is 1. The van der Waals surface area contributed by atoms with Crippen LogP contribution in [0.5, 0.6) is 0 Å².